The van der Waals surface area contributed by atoms with Crippen molar-refractivity contribution in [2.45, 2.75) is 13.0 Å². The Morgan fingerprint density at radius 3 is 2.28 bits per heavy atom. The van der Waals surface area contributed by atoms with E-state index < -0.39 is 17.7 Å². The summed E-state index contributed by atoms with van der Waals surface area (Å²) in [6, 6.07) is 19.1. The molecule has 144 valence electrons. The summed E-state index contributed by atoms with van der Waals surface area (Å²) in [4.78, 5) is 31.6. The Bertz CT molecular complexity index is 1120. The number of hydrogen-bond donors (Lipinski definition) is 2. The van der Waals surface area contributed by atoms with E-state index in [1.807, 2.05) is 0 Å². The van der Waals surface area contributed by atoms with Crippen LogP contribution in [0, 0.1) is 6.92 Å². The molecule has 1 aliphatic heterocycles. The van der Waals surface area contributed by atoms with E-state index in [2.05, 4.69) is 4.98 Å². The first kappa shape index (κ1) is 18.4. The number of phenolic OH excluding ortho intramolecular Hbond substituents is 1. The minimum atomic E-state index is -0.870. The Labute approximate surface area is 167 Å². The van der Waals surface area contributed by atoms with Gasteiger partial charge >= 0.3 is 5.91 Å². The van der Waals surface area contributed by atoms with Gasteiger partial charge in [0.15, 0.2) is 0 Å². The van der Waals surface area contributed by atoms with Gasteiger partial charge in [-0.05, 0) is 36.8 Å². The van der Waals surface area contributed by atoms with E-state index >= 15 is 0 Å². The summed E-state index contributed by atoms with van der Waals surface area (Å²) in [5.74, 6) is -1.43. The van der Waals surface area contributed by atoms with E-state index in [1.54, 1.807) is 67.6 Å². The summed E-state index contributed by atoms with van der Waals surface area (Å²) in [5.41, 5.74) is 1.68. The number of ketones is 1. The first-order valence-electron chi connectivity index (χ1n) is 9.06. The Morgan fingerprint density at radius 1 is 0.931 bits per heavy atom. The monoisotopic (exact) mass is 386 g/mol. The third-order valence-corrected chi connectivity index (χ3v) is 4.82. The lowest BCUT2D eigenvalue weighted by atomic mass is 9.95. The van der Waals surface area contributed by atoms with E-state index in [9.17, 15) is 19.8 Å². The second kappa shape index (κ2) is 7.24. The SMILES string of the molecule is Cc1cccc(N2C(=O)C(=O)C(=C(O)c3ccccc3)[C@@H]2c2ccc(O)cc2)n1. The summed E-state index contributed by atoms with van der Waals surface area (Å²) >= 11 is 0. The Morgan fingerprint density at radius 2 is 1.62 bits per heavy atom. The highest BCUT2D eigenvalue weighted by Gasteiger charge is 2.47. The molecule has 0 saturated carbocycles. The van der Waals surface area contributed by atoms with Crippen LogP contribution in [0.4, 0.5) is 5.82 Å². The first-order valence-corrected chi connectivity index (χ1v) is 9.06. The van der Waals surface area contributed by atoms with Crippen molar-refractivity contribution in [2.75, 3.05) is 4.90 Å². The van der Waals surface area contributed by atoms with Crippen LogP contribution in [0.1, 0.15) is 22.9 Å². The molecule has 29 heavy (non-hydrogen) atoms. The third-order valence-electron chi connectivity index (χ3n) is 4.82. The molecule has 4 rings (SSSR count). The van der Waals surface area contributed by atoms with Crippen LogP contribution in [0.15, 0.2) is 78.4 Å². The van der Waals surface area contributed by atoms with E-state index in [0.29, 0.717) is 22.6 Å². The van der Waals surface area contributed by atoms with Crippen molar-refractivity contribution in [3.8, 4) is 5.75 Å². The average Bonchev–Trinajstić information content (AvgIpc) is 2.99. The molecular formula is C23H18N2O4. The van der Waals surface area contributed by atoms with Gasteiger partial charge in [0.1, 0.15) is 17.3 Å². The molecule has 1 amide bonds. The highest BCUT2D eigenvalue weighted by molar-refractivity contribution is 6.51. The zero-order chi connectivity index (χ0) is 20.5. The highest BCUT2D eigenvalue weighted by atomic mass is 16.3. The normalized spacial score (nSPS) is 18.2. The number of hydrogen-bond acceptors (Lipinski definition) is 5. The number of aromatic hydroxyl groups is 1. The number of carbonyl (C=O) groups is 2. The van der Waals surface area contributed by atoms with Crippen molar-refractivity contribution >= 4 is 23.3 Å². The van der Waals surface area contributed by atoms with Gasteiger partial charge in [0.2, 0.25) is 0 Å². The van der Waals surface area contributed by atoms with E-state index in [1.165, 1.54) is 17.0 Å². The number of nitrogens with zero attached hydrogens (tertiary/aromatic N) is 2. The second-order valence-corrected chi connectivity index (χ2v) is 6.76. The molecule has 1 aromatic heterocycles. The van der Waals surface area contributed by atoms with Crippen LogP contribution in [-0.2, 0) is 9.59 Å². The molecule has 6 heteroatoms. The lowest BCUT2D eigenvalue weighted by Gasteiger charge is -2.24. The first-order chi connectivity index (χ1) is 14.0. The maximum Gasteiger partial charge on any atom is 0.301 e. The highest BCUT2D eigenvalue weighted by Crippen LogP contribution is 2.41. The number of rotatable bonds is 3. The number of Topliss-reactive ketones (excluding diaryl/α,β-unsaturated/α-hetero) is 1. The molecule has 3 aromatic rings. The lowest BCUT2D eigenvalue weighted by Crippen LogP contribution is -2.30. The van der Waals surface area contributed by atoms with Crippen LogP contribution in [0.2, 0.25) is 0 Å². The molecule has 0 radical (unpaired) electrons. The molecule has 1 atom stereocenters. The summed E-state index contributed by atoms with van der Waals surface area (Å²) in [6.45, 7) is 1.79. The molecule has 2 N–H and O–H groups in total. The molecule has 0 spiro atoms. The Hall–Kier alpha value is -3.93. The fourth-order valence-corrected chi connectivity index (χ4v) is 3.46. The predicted octanol–water partition coefficient (Wildman–Crippen LogP) is 3.72. The number of anilines is 1. The number of aryl methyl sites for hydroxylation is 1. The van der Waals surface area contributed by atoms with Crippen LogP contribution in [-0.4, -0.2) is 26.9 Å². The number of aliphatic hydroxyl groups excluding tert-OH is 1. The van der Waals surface area contributed by atoms with Crippen molar-refractivity contribution in [2.24, 2.45) is 0 Å². The van der Waals surface area contributed by atoms with Crippen molar-refractivity contribution in [3.05, 3.63) is 95.2 Å². The third kappa shape index (κ3) is 3.25. The van der Waals surface area contributed by atoms with Crippen LogP contribution in [0.5, 0.6) is 5.75 Å². The quantitative estimate of drug-likeness (QED) is 0.407. The summed E-state index contributed by atoms with van der Waals surface area (Å²) in [5, 5.41) is 20.6. The van der Waals surface area contributed by atoms with Gasteiger partial charge in [-0.15, -0.1) is 0 Å². The zero-order valence-corrected chi connectivity index (χ0v) is 15.6. The smallest absolute Gasteiger partial charge is 0.301 e. The zero-order valence-electron chi connectivity index (χ0n) is 15.6. The molecule has 0 aliphatic carbocycles. The number of amides is 1. The average molecular weight is 386 g/mol. The van der Waals surface area contributed by atoms with E-state index in [-0.39, 0.29) is 17.1 Å². The fourth-order valence-electron chi connectivity index (χ4n) is 3.46. The molecule has 1 saturated heterocycles. The van der Waals surface area contributed by atoms with Crippen molar-refractivity contribution in [1.82, 2.24) is 4.98 Å². The van der Waals surface area contributed by atoms with Gasteiger partial charge in [0, 0.05) is 11.3 Å². The lowest BCUT2D eigenvalue weighted by molar-refractivity contribution is -0.132. The van der Waals surface area contributed by atoms with Gasteiger partial charge < -0.3 is 10.2 Å². The number of benzene rings is 2. The molecule has 1 fully saturated rings. The summed E-state index contributed by atoms with van der Waals surface area (Å²) in [6.07, 6.45) is 0. The minimum absolute atomic E-state index is 0.0183. The molecule has 1 aliphatic rings. The maximum absolute atomic E-state index is 13.0. The van der Waals surface area contributed by atoms with Gasteiger partial charge in [-0.2, -0.15) is 0 Å². The standard InChI is InChI=1S/C23H18N2O4/c1-14-6-5-9-18(24-14)25-20(15-10-12-17(26)13-11-15)19(22(28)23(25)29)21(27)16-7-3-2-4-8-16/h2-13,20,26-27H,1H3/t20-/m0/s1. The number of pyridine rings is 1. The molecule has 2 heterocycles. The number of aliphatic hydroxyl groups is 1. The van der Waals surface area contributed by atoms with E-state index in [0.717, 1.165) is 0 Å². The predicted molar refractivity (Wildman–Crippen MR) is 108 cm³/mol. The Balaban J connectivity index is 1.96. The van der Waals surface area contributed by atoms with Gasteiger partial charge in [0.05, 0.1) is 11.6 Å². The minimum Gasteiger partial charge on any atom is -0.508 e. The van der Waals surface area contributed by atoms with Crippen LogP contribution in [0.25, 0.3) is 5.76 Å². The maximum atomic E-state index is 13.0. The van der Waals surface area contributed by atoms with Gasteiger partial charge in [0.25, 0.3) is 5.78 Å². The molecule has 0 bridgehead atoms. The molecular weight excluding hydrogens is 368 g/mol. The fraction of sp³-hybridized carbons (Fsp3) is 0.0870. The van der Waals surface area contributed by atoms with Crippen LogP contribution >= 0.6 is 0 Å². The number of phenols is 1. The van der Waals surface area contributed by atoms with Crippen LogP contribution in [0.3, 0.4) is 0 Å². The molecule has 6 nitrogen and oxygen atoms in total. The van der Waals surface area contributed by atoms with Crippen molar-refractivity contribution < 1.29 is 19.8 Å². The number of carbonyl (C=O) groups excluding carboxylic acids is 2. The van der Waals surface area contributed by atoms with Gasteiger partial charge in [-0.1, -0.05) is 48.5 Å². The summed E-state index contributed by atoms with van der Waals surface area (Å²) in [7, 11) is 0. The van der Waals surface area contributed by atoms with Crippen LogP contribution < -0.4 is 4.90 Å². The van der Waals surface area contributed by atoms with Gasteiger partial charge in [-0.25, -0.2) is 4.98 Å². The topological polar surface area (TPSA) is 90.7 Å². The van der Waals surface area contributed by atoms with Crippen molar-refractivity contribution in [1.29, 1.82) is 0 Å². The van der Waals surface area contributed by atoms with E-state index in [4.69, 9.17) is 0 Å². The second-order valence-electron chi connectivity index (χ2n) is 6.76. The molecule has 0 unspecified atom stereocenters. The van der Waals surface area contributed by atoms with Gasteiger partial charge in [-0.3, -0.25) is 14.5 Å². The number of aromatic nitrogens is 1. The largest absolute Gasteiger partial charge is 0.508 e. The molecule has 2 aromatic carbocycles. The summed E-state index contributed by atoms with van der Waals surface area (Å²) < 4.78 is 0. The Kier molecular flexibility index (Phi) is 4.60. The van der Waals surface area contributed by atoms with Crippen molar-refractivity contribution in [3.63, 3.8) is 0 Å².